The third kappa shape index (κ3) is 4.68. The Morgan fingerprint density at radius 3 is 2.79 bits per heavy atom. The highest BCUT2D eigenvalue weighted by atomic mass is 16.4. The largest absolute Gasteiger partial charge is 0.480 e. The van der Waals surface area contributed by atoms with E-state index in [1.165, 1.54) is 0 Å². The SMILES string of the molecule is CCC(NC(=O)NCc1cccc(C#N)c1)C(=O)O. The molecule has 0 bridgehead atoms. The Bertz CT molecular complexity index is 508. The molecule has 1 atom stereocenters. The zero-order valence-electron chi connectivity index (χ0n) is 10.5. The van der Waals surface area contributed by atoms with Crippen molar-refractivity contribution in [2.45, 2.75) is 25.9 Å². The van der Waals surface area contributed by atoms with Crippen molar-refractivity contribution in [3.8, 4) is 6.07 Å². The highest BCUT2D eigenvalue weighted by Crippen LogP contribution is 2.03. The van der Waals surface area contributed by atoms with E-state index in [0.29, 0.717) is 12.0 Å². The van der Waals surface area contributed by atoms with Crippen molar-refractivity contribution >= 4 is 12.0 Å². The number of rotatable bonds is 5. The second-order valence-electron chi connectivity index (χ2n) is 3.94. The first-order chi connectivity index (χ1) is 9.06. The molecular formula is C13H15N3O3. The van der Waals surface area contributed by atoms with Crippen LogP contribution in [0.15, 0.2) is 24.3 Å². The zero-order valence-corrected chi connectivity index (χ0v) is 10.5. The Kier molecular flexibility index (Phi) is 5.35. The number of hydrogen-bond donors (Lipinski definition) is 3. The van der Waals surface area contributed by atoms with E-state index >= 15 is 0 Å². The molecule has 6 heteroatoms. The van der Waals surface area contributed by atoms with Crippen LogP contribution in [0.1, 0.15) is 24.5 Å². The van der Waals surface area contributed by atoms with Crippen LogP contribution in [0.5, 0.6) is 0 Å². The minimum absolute atomic E-state index is 0.234. The smallest absolute Gasteiger partial charge is 0.326 e. The van der Waals surface area contributed by atoms with Crippen molar-refractivity contribution in [2.75, 3.05) is 0 Å². The molecule has 0 aliphatic heterocycles. The van der Waals surface area contributed by atoms with Crippen LogP contribution in [0.2, 0.25) is 0 Å². The molecule has 2 amide bonds. The molecule has 19 heavy (non-hydrogen) atoms. The first-order valence-electron chi connectivity index (χ1n) is 5.83. The lowest BCUT2D eigenvalue weighted by Crippen LogP contribution is -2.45. The van der Waals surface area contributed by atoms with Gasteiger partial charge in [-0.2, -0.15) is 5.26 Å². The summed E-state index contributed by atoms with van der Waals surface area (Å²) in [7, 11) is 0. The molecule has 1 rings (SSSR count). The summed E-state index contributed by atoms with van der Waals surface area (Å²) in [5, 5.41) is 22.4. The molecule has 0 radical (unpaired) electrons. The number of nitrogens with one attached hydrogen (secondary N) is 2. The van der Waals surface area contributed by atoms with Crippen molar-refractivity contribution in [3.05, 3.63) is 35.4 Å². The molecule has 0 aliphatic carbocycles. The van der Waals surface area contributed by atoms with Crippen LogP contribution in [-0.2, 0) is 11.3 Å². The summed E-state index contributed by atoms with van der Waals surface area (Å²) < 4.78 is 0. The third-order valence-corrected chi connectivity index (χ3v) is 2.52. The van der Waals surface area contributed by atoms with Gasteiger partial charge in [0.2, 0.25) is 0 Å². The summed E-state index contributed by atoms with van der Waals surface area (Å²) in [5.41, 5.74) is 1.29. The summed E-state index contributed by atoms with van der Waals surface area (Å²) in [6, 6.07) is 7.39. The van der Waals surface area contributed by atoms with Crippen LogP contribution < -0.4 is 10.6 Å². The second kappa shape index (κ2) is 7.01. The van der Waals surface area contributed by atoms with E-state index in [1.807, 2.05) is 6.07 Å². The number of nitrogens with zero attached hydrogens (tertiary/aromatic N) is 1. The molecule has 0 saturated heterocycles. The number of nitriles is 1. The van der Waals surface area contributed by atoms with E-state index in [9.17, 15) is 9.59 Å². The van der Waals surface area contributed by atoms with E-state index < -0.39 is 18.0 Å². The Labute approximate surface area is 111 Å². The fourth-order valence-corrected chi connectivity index (χ4v) is 1.48. The van der Waals surface area contributed by atoms with Gasteiger partial charge in [-0.3, -0.25) is 0 Å². The molecule has 0 fully saturated rings. The van der Waals surface area contributed by atoms with Gasteiger partial charge in [0.25, 0.3) is 0 Å². The highest BCUT2D eigenvalue weighted by Gasteiger charge is 2.16. The van der Waals surface area contributed by atoms with Crippen LogP contribution in [0, 0.1) is 11.3 Å². The van der Waals surface area contributed by atoms with Gasteiger partial charge in [-0.1, -0.05) is 19.1 Å². The van der Waals surface area contributed by atoms with Gasteiger partial charge in [-0.25, -0.2) is 9.59 Å². The minimum atomic E-state index is -1.07. The first kappa shape index (κ1) is 14.5. The molecule has 0 aliphatic rings. The highest BCUT2D eigenvalue weighted by molar-refractivity contribution is 5.82. The summed E-state index contributed by atoms with van der Waals surface area (Å²) in [6.07, 6.45) is 0.312. The maximum absolute atomic E-state index is 11.5. The molecule has 0 saturated carbocycles. The number of carbonyl (C=O) groups excluding carboxylic acids is 1. The molecule has 1 aromatic carbocycles. The topological polar surface area (TPSA) is 102 Å². The maximum atomic E-state index is 11.5. The Hall–Kier alpha value is -2.55. The van der Waals surface area contributed by atoms with E-state index in [-0.39, 0.29) is 6.54 Å². The van der Waals surface area contributed by atoms with E-state index in [0.717, 1.165) is 5.56 Å². The number of carboxylic acid groups (broad SMARTS) is 1. The lowest BCUT2D eigenvalue weighted by molar-refractivity contribution is -0.139. The summed E-state index contributed by atoms with van der Waals surface area (Å²) in [6.45, 7) is 1.91. The quantitative estimate of drug-likeness (QED) is 0.741. The van der Waals surface area contributed by atoms with Crippen LogP contribution in [0.4, 0.5) is 4.79 Å². The molecule has 100 valence electrons. The third-order valence-electron chi connectivity index (χ3n) is 2.52. The Morgan fingerprint density at radius 2 is 2.21 bits per heavy atom. The van der Waals surface area contributed by atoms with Gasteiger partial charge in [-0.05, 0) is 24.1 Å². The summed E-state index contributed by atoms with van der Waals surface area (Å²) in [5.74, 6) is -1.07. The fourth-order valence-electron chi connectivity index (χ4n) is 1.48. The van der Waals surface area contributed by atoms with Crippen LogP contribution in [-0.4, -0.2) is 23.1 Å². The van der Waals surface area contributed by atoms with Gasteiger partial charge in [0, 0.05) is 6.54 Å². The Morgan fingerprint density at radius 1 is 1.47 bits per heavy atom. The van der Waals surface area contributed by atoms with Crippen molar-refractivity contribution in [2.24, 2.45) is 0 Å². The van der Waals surface area contributed by atoms with Crippen molar-refractivity contribution in [3.63, 3.8) is 0 Å². The number of carboxylic acids is 1. The van der Waals surface area contributed by atoms with Crippen molar-refractivity contribution < 1.29 is 14.7 Å². The van der Waals surface area contributed by atoms with Crippen LogP contribution in [0.3, 0.4) is 0 Å². The second-order valence-corrected chi connectivity index (χ2v) is 3.94. The van der Waals surface area contributed by atoms with Crippen molar-refractivity contribution in [1.29, 1.82) is 5.26 Å². The van der Waals surface area contributed by atoms with Crippen LogP contribution in [0.25, 0.3) is 0 Å². The van der Waals surface area contributed by atoms with Gasteiger partial charge in [0.05, 0.1) is 11.6 Å². The van der Waals surface area contributed by atoms with E-state index in [4.69, 9.17) is 10.4 Å². The molecule has 0 spiro atoms. The van der Waals surface area contributed by atoms with Gasteiger partial charge in [0.1, 0.15) is 6.04 Å². The molecule has 1 unspecified atom stereocenters. The minimum Gasteiger partial charge on any atom is -0.480 e. The van der Waals surface area contributed by atoms with Gasteiger partial charge in [0.15, 0.2) is 0 Å². The normalized spacial score (nSPS) is 11.2. The predicted molar refractivity (Wildman–Crippen MR) is 68.2 cm³/mol. The van der Waals surface area contributed by atoms with Gasteiger partial charge < -0.3 is 15.7 Å². The number of aliphatic carboxylic acids is 1. The molecule has 0 heterocycles. The zero-order chi connectivity index (χ0) is 14.3. The molecule has 6 nitrogen and oxygen atoms in total. The lowest BCUT2D eigenvalue weighted by atomic mass is 10.1. The average Bonchev–Trinajstić information content (AvgIpc) is 2.42. The average molecular weight is 261 g/mol. The molecular weight excluding hydrogens is 246 g/mol. The van der Waals surface area contributed by atoms with E-state index in [1.54, 1.807) is 31.2 Å². The molecule has 1 aromatic rings. The Balaban J connectivity index is 2.50. The summed E-state index contributed by atoms with van der Waals surface area (Å²) in [4.78, 5) is 22.2. The van der Waals surface area contributed by atoms with E-state index in [2.05, 4.69) is 10.6 Å². The van der Waals surface area contributed by atoms with Gasteiger partial charge in [-0.15, -0.1) is 0 Å². The monoisotopic (exact) mass is 261 g/mol. The molecule has 3 N–H and O–H groups in total. The maximum Gasteiger partial charge on any atom is 0.326 e. The van der Waals surface area contributed by atoms with Crippen molar-refractivity contribution in [1.82, 2.24) is 10.6 Å². The lowest BCUT2D eigenvalue weighted by Gasteiger charge is -2.13. The summed E-state index contributed by atoms with van der Waals surface area (Å²) >= 11 is 0. The number of benzene rings is 1. The number of urea groups is 1. The number of carbonyl (C=O) groups is 2. The first-order valence-corrected chi connectivity index (χ1v) is 5.83. The number of hydrogen-bond acceptors (Lipinski definition) is 3. The standard InChI is InChI=1S/C13H15N3O3/c1-2-11(12(17)18)16-13(19)15-8-10-5-3-4-9(6-10)7-14/h3-6,11H,2,8H2,1H3,(H,17,18)(H2,15,16,19). The number of amides is 2. The van der Waals surface area contributed by atoms with Crippen LogP contribution >= 0.6 is 0 Å². The predicted octanol–water partition coefficient (Wildman–Crippen LogP) is 1.22. The van der Waals surface area contributed by atoms with Gasteiger partial charge >= 0.3 is 12.0 Å². The molecule has 0 aromatic heterocycles. The fraction of sp³-hybridized carbons (Fsp3) is 0.308.